The third-order valence-electron chi connectivity index (χ3n) is 28.8. The number of nitrogens with two attached hydrogens (primary N) is 1. The van der Waals surface area contributed by atoms with E-state index in [-0.39, 0.29) is 191 Å². The Balaban J connectivity index is 0.000000157. The molecule has 0 bridgehead atoms. The zero-order valence-electron chi connectivity index (χ0n) is 75.7. The van der Waals surface area contributed by atoms with Crippen LogP contribution in [0.25, 0.3) is 28.3 Å². The van der Waals surface area contributed by atoms with Crippen LogP contribution in [0.5, 0.6) is 0 Å². The largest absolute Gasteiger partial charge is 0.481 e. The standard InChI is InChI=1S/C29H33FN2O4.C17H25NO6.C17H25NO5.C16H19FNO3P.C14H21NO4.C3H5ClO2/c1-3-35-29(34)32-23-10-11-24-20(14-23)15-26-27(17(2)36-28(26)33)25(24)12-9-22-8-7-19(16-31-22)18-5-4-6-21(30)13-18;1-3-23-17(22)18-10-4-5-11-9(6-10)7-12-13(14(11)15(19)20)8(2)24-16(12)21;1-3-22-17(21)18-11-4-5-12-10(6-11)7-13-15(14(12)8-19)9(2)23-16(13)20;1-3-20-22(19,21-4-2)12-16-9-8-14(11-18-16)13-6-5-7-15(17)10-13;1-6-11-10(14(18)19-6)5-7-4-8(15)2-3-9(7)12(11)13(16)17;1-2-3(5)6-4/h4-9,12-13,16-17,20,23-27H,3,10-11,14-15H2,1-2H3,(H,32,34);8-14H,3-7H2,1-2H3,(H,18,22)(H,19,20);8-15H,3-7H2,1-2H3,(H,18,21);5-11H,3-4,12H2,1-2H3;6-12H,2-5,15H2,1H3,(H,16,17);2H2,1H3/b12-9+;;;;;/t17-,20+,23-,24-,25+,26-,27+;8-,9+,10-,11-,12-,13-,14+;9-,10+,11-,12-,13-,14+,15-;;6-,7+,8-,9-,10-,11-,12+;/m111.1./s1. The van der Waals surface area contributed by atoms with Crippen LogP contribution in [0.2, 0.25) is 0 Å². The van der Waals surface area contributed by atoms with Crippen molar-refractivity contribution in [2.45, 2.75) is 233 Å². The fourth-order valence-corrected chi connectivity index (χ4v) is 25.3. The van der Waals surface area contributed by atoms with Crippen LogP contribution in [0.15, 0.2) is 91.3 Å². The van der Waals surface area contributed by atoms with Crippen molar-refractivity contribution in [2.75, 3.05) is 33.0 Å². The highest BCUT2D eigenvalue weighted by molar-refractivity contribution is 7.53. The van der Waals surface area contributed by atoms with E-state index in [1.165, 1.54) is 24.3 Å². The lowest BCUT2D eigenvalue weighted by molar-refractivity contribution is -0.154. The molecule has 3 amide bonds. The average molecular weight is 1850 g/mol. The van der Waals surface area contributed by atoms with Crippen LogP contribution in [0, 0.1) is 130 Å². The number of aliphatic carboxylic acids is 2. The zero-order chi connectivity index (χ0) is 93.9. The van der Waals surface area contributed by atoms with Crippen molar-refractivity contribution < 1.29 is 123 Å². The summed E-state index contributed by atoms with van der Waals surface area (Å²) in [7, 11) is -3.16. The van der Waals surface area contributed by atoms with Crippen molar-refractivity contribution >= 4 is 91.9 Å². The number of aldehydes is 1. The summed E-state index contributed by atoms with van der Waals surface area (Å²) in [6, 6.07) is 20.5. The van der Waals surface area contributed by atoms with Gasteiger partial charge in [-0.15, -0.1) is 0 Å². The van der Waals surface area contributed by atoms with E-state index in [0.717, 1.165) is 124 Å². The summed E-state index contributed by atoms with van der Waals surface area (Å²) in [4.78, 5) is 138. The lowest BCUT2D eigenvalue weighted by atomic mass is 9.57. The number of nitrogens with zero attached hydrogens (tertiary/aromatic N) is 2. The van der Waals surface area contributed by atoms with Gasteiger partial charge < -0.3 is 83.2 Å². The first kappa shape index (κ1) is 101. The molecule has 130 heavy (non-hydrogen) atoms. The van der Waals surface area contributed by atoms with Crippen LogP contribution in [0.3, 0.4) is 0 Å². The number of cyclic esters (lactones) is 4. The number of halogens is 3. The molecule has 4 aromatic rings. The third kappa shape index (κ3) is 25.1. The number of aromatic nitrogens is 2. The number of benzene rings is 2. The Morgan fingerprint density at radius 3 is 1.25 bits per heavy atom. The number of carbonyl (C=O) groups is 11. The molecular formula is C96H128ClF2N6O24P. The van der Waals surface area contributed by atoms with Gasteiger partial charge in [0.15, 0.2) is 0 Å². The zero-order valence-corrected chi connectivity index (χ0v) is 77.3. The molecule has 30 nitrogen and oxygen atoms in total. The number of hydrogen-bond acceptors (Lipinski definition) is 25. The van der Waals surface area contributed by atoms with Crippen molar-refractivity contribution in [3.63, 3.8) is 0 Å². The van der Waals surface area contributed by atoms with E-state index < -0.39 is 43.4 Å². The Morgan fingerprint density at radius 1 is 0.492 bits per heavy atom. The average Bonchev–Trinajstić information content (AvgIpc) is 1.94. The number of alkyl carbamates (subject to hydrolysis) is 3. The van der Waals surface area contributed by atoms with Gasteiger partial charge in [-0.3, -0.25) is 48.1 Å². The lowest BCUT2D eigenvalue weighted by Crippen LogP contribution is -2.51. The number of carbonyl (C=O) groups excluding carboxylic acids is 9. The maximum atomic E-state index is 13.6. The molecule has 34 heteroatoms. The predicted molar refractivity (Wildman–Crippen MR) is 472 cm³/mol. The Kier molecular flexibility index (Phi) is 36.3. The van der Waals surface area contributed by atoms with Gasteiger partial charge in [0.2, 0.25) is 0 Å². The molecule has 4 aliphatic heterocycles. The number of pyridine rings is 2. The number of hydrogen-bond donors (Lipinski definition) is 6. The van der Waals surface area contributed by atoms with Crippen molar-refractivity contribution in [3.8, 4) is 22.3 Å². The van der Waals surface area contributed by atoms with Gasteiger partial charge >= 0.3 is 67.7 Å². The van der Waals surface area contributed by atoms with Gasteiger partial charge in [-0.25, -0.2) is 23.2 Å². The highest BCUT2D eigenvalue weighted by Crippen LogP contribution is 2.58. The molecule has 12 aliphatic rings. The predicted octanol–water partition coefficient (Wildman–Crippen LogP) is 16.1. The van der Waals surface area contributed by atoms with Gasteiger partial charge in [0, 0.05) is 83.7 Å². The smallest absolute Gasteiger partial charge is 0.407 e. The first-order valence-electron chi connectivity index (χ1n) is 46.3. The highest BCUT2D eigenvalue weighted by Gasteiger charge is 2.61. The number of allylic oxidation sites excluding steroid dienone is 1. The maximum absolute atomic E-state index is 13.6. The fourth-order valence-electron chi connectivity index (χ4n) is 23.5. The molecular weight excluding hydrogens is 1730 g/mol. The van der Waals surface area contributed by atoms with Crippen molar-refractivity contribution in [1.29, 1.82) is 0 Å². The summed E-state index contributed by atoms with van der Waals surface area (Å²) in [6.45, 7) is 19.7. The van der Waals surface area contributed by atoms with Gasteiger partial charge in [-0.1, -0.05) is 49.4 Å². The first-order chi connectivity index (χ1) is 62.2. The SMILES string of the molecule is CCC(=O)OCl.CCOC(=O)N[C@@H]1CC[C@@H]2[C@@H](C1)C[C@H]1C(=O)O[C@H](C)[C@H]1[C@H]2/C=C/c1ccc(-c2cccc(F)c2)cn1.CCOC(=O)N[C@@H]1CC[C@@H]2[C@@H](C1)C[C@H]1C(=O)O[C@H](C)[C@H]1[C@H]2C(=O)O.CCOC(=O)N[C@@H]1CC[C@@H]2[C@@H](C1)C[C@H]1C(=O)O[C@H](C)[C@H]1[C@H]2C=O.CCOP(=O)(Cc1ccc(-c2cccc(F)c2)cn1)OCC.C[C@H]1OC(=O)[C@@H]2C[C@@H]3C[C@H](N)CC[C@H]3[C@H](C(=O)O)[C@H]12. The van der Waals surface area contributed by atoms with Crippen LogP contribution >= 0.6 is 19.5 Å². The van der Waals surface area contributed by atoms with Crippen LogP contribution in [-0.4, -0.2) is 168 Å². The quantitative estimate of drug-likeness (QED) is 0.0207. The van der Waals surface area contributed by atoms with E-state index in [9.17, 15) is 76.3 Å². The molecule has 16 rings (SSSR count). The molecule has 0 unspecified atom stereocenters. The molecule has 12 fully saturated rings. The second-order valence-corrected chi connectivity index (χ2v) is 38.7. The van der Waals surface area contributed by atoms with Crippen molar-refractivity contribution in [1.82, 2.24) is 25.9 Å². The summed E-state index contributed by atoms with van der Waals surface area (Å²) in [5, 5.41) is 28.1. The van der Waals surface area contributed by atoms with Gasteiger partial charge in [-0.05, 0) is 272 Å². The Labute approximate surface area is 763 Å². The summed E-state index contributed by atoms with van der Waals surface area (Å²) in [5.41, 5.74) is 10.6. The second-order valence-electron chi connectivity index (χ2n) is 36.5. The molecule has 7 N–H and O–H groups in total. The summed E-state index contributed by atoms with van der Waals surface area (Å²) in [6.07, 6.45) is 20.1. The van der Waals surface area contributed by atoms with Crippen LogP contribution in [0.1, 0.15) is 190 Å². The Hall–Kier alpha value is -9.49. The molecule has 4 saturated heterocycles. The molecule has 6 heterocycles. The summed E-state index contributed by atoms with van der Waals surface area (Å²) < 4.78 is 90.1. The monoisotopic (exact) mass is 1850 g/mol. The lowest BCUT2D eigenvalue weighted by Gasteiger charge is -2.47. The van der Waals surface area contributed by atoms with E-state index in [1.54, 1.807) is 79.1 Å². The Bertz CT molecular complexity index is 4630. The van der Waals surface area contributed by atoms with Crippen molar-refractivity contribution in [3.05, 3.63) is 114 Å². The molecule has 2 aromatic carbocycles. The normalized spacial score (nSPS) is 33.2. The van der Waals surface area contributed by atoms with E-state index in [1.807, 2.05) is 57.2 Å². The minimum absolute atomic E-state index is 0.0221. The molecule has 0 spiro atoms. The van der Waals surface area contributed by atoms with E-state index >= 15 is 0 Å². The number of carboxylic acids is 2. The molecule has 8 aliphatic carbocycles. The number of amides is 3. The Morgan fingerprint density at radius 2 is 0.877 bits per heavy atom. The first-order valence-corrected chi connectivity index (χ1v) is 48.4. The number of ether oxygens (including phenoxy) is 7. The number of rotatable bonds is 20. The topological polar surface area (TPSA) is 425 Å². The molecule has 2 aromatic heterocycles. The van der Waals surface area contributed by atoms with Crippen LogP contribution in [-0.2, 0) is 95.6 Å². The van der Waals surface area contributed by atoms with E-state index in [4.69, 9.17) is 47.9 Å². The highest BCUT2D eigenvalue weighted by atomic mass is 35.5. The van der Waals surface area contributed by atoms with Gasteiger partial charge in [-0.2, -0.15) is 0 Å². The maximum Gasteiger partial charge on any atom is 0.407 e. The number of carboxylic acid groups (broad SMARTS) is 2. The fraction of sp³-hybridized carbons (Fsp3) is 0.635. The molecule has 8 saturated carbocycles. The van der Waals surface area contributed by atoms with Gasteiger partial charge in [0.05, 0.1) is 86.1 Å². The molecule has 28 atom stereocenters. The van der Waals surface area contributed by atoms with Crippen LogP contribution < -0.4 is 21.7 Å². The molecule has 712 valence electrons. The third-order valence-corrected chi connectivity index (χ3v) is 31.0. The van der Waals surface area contributed by atoms with Crippen LogP contribution in [0.4, 0.5) is 23.2 Å². The summed E-state index contributed by atoms with van der Waals surface area (Å²) in [5.74, 6) is -3.31. The minimum Gasteiger partial charge on any atom is -0.481 e. The van der Waals surface area contributed by atoms with Gasteiger partial charge in [0.25, 0.3) is 0 Å². The number of nitrogens with one attached hydrogen (secondary N) is 3. The minimum atomic E-state index is -3.16. The summed E-state index contributed by atoms with van der Waals surface area (Å²) >= 11 is 4.60. The van der Waals surface area contributed by atoms with Gasteiger partial charge in [0.1, 0.15) is 54.2 Å². The van der Waals surface area contributed by atoms with Crippen molar-refractivity contribution in [2.24, 2.45) is 124 Å². The van der Waals surface area contributed by atoms with E-state index in [0.29, 0.717) is 75.7 Å². The second kappa shape index (κ2) is 46.7. The number of esters is 4. The van der Waals surface area contributed by atoms with E-state index in [2.05, 4.69) is 48.1 Å². The number of fused-ring (bicyclic) bond motifs is 8. The molecule has 0 radical (unpaired) electrons.